The van der Waals surface area contributed by atoms with Crippen LogP contribution in [0.15, 0.2) is 36.7 Å². The molecule has 0 saturated heterocycles. The van der Waals surface area contributed by atoms with Crippen molar-refractivity contribution >= 4 is 11.6 Å². The molecule has 1 heterocycles. The van der Waals surface area contributed by atoms with Crippen LogP contribution in [-0.4, -0.2) is 22.9 Å². The summed E-state index contributed by atoms with van der Waals surface area (Å²) < 4.78 is 5.02. The molecule has 0 aliphatic carbocycles. The molecule has 0 spiro atoms. The minimum Gasteiger partial charge on any atom is -0.496 e. The zero-order valence-electron chi connectivity index (χ0n) is 10.8. The third kappa shape index (κ3) is 2.77. The summed E-state index contributed by atoms with van der Waals surface area (Å²) >= 11 is 0. The lowest BCUT2D eigenvalue weighted by Gasteiger charge is -2.09. The number of hydrogen-bond donors (Lipinski definition) is 2. The summed E-state index contributed by atoms with van der Waals surface area (Å²) in [6.07, 6.45) is 3.46. The molecular formula is C13H13N3O4. The van der Waals surface area contributed by atoms with Gasteiger partial charge in [0.05, 0.1) is 12.0 Å². The average Bonchev–Trinajstić information content (AvgIpc) is 2.97. The summed E-state index contributed by atoms with van der Waals surface area (Å²) in [5.41, 5.74) is 0.516. The van der Waals surface area contributed by atoms with E-state index >= 15 is 0 Å². The van der Waals surface area contributed by atoms with E-state index in [1.807, 2.05) is 0 Å². The Kier molecular flexibility index (Phi) is 3.99. The maximum absolute atomic E-state index is 12.1. The molecule has 1 aromatic carbocycles. The minimum absolute atomic E-state index is 0.0736. The van der Waals surface area contributed by atoms with E-state index < -0.39 is 10.8 Å². The highest BCUT2D eigenvalue weighted by Crippen LogP contribution is 2.27. The highest BCUT2D eigenvalue weighted by atomic mass is 16.6. The van der Waals surface area contributed by atoms with Crippen LogP contribution in [0.25, 0.3) is 0 Å². The molecule has 7 nitrogen and oxygen atoms in total. The summed E-state index contributed by atoms with van der Waals surface area (Å²) in [5, 5.41) is 13.6. The number of aromatic nitrogens is 1. The molecule has 0 fully saturated rings. The summed E-state index contributed by atoms with van der Waals surface area (Å²) in [6, 6.07) is 6.06. The molecule has 0 unspecified atom stereocenters. The summed E-state index contributed by atoms with van der Waals surface area (Å²) in [4.78, 5) is 25.4. The van der Waals surface area contributed by atoms with Crippen LogP contribution in [0.2, 0.25) is 0 Å². The summed E-state index contributed by atoms with van der Waals surface area (Å²) in [5.74, 6) is -0.374. The molecule has 0 bridgehead atoms. The Morgan fingerprint density at radius 1 is 1.45 bits per heavy atom. The molecule has 2 rings (SSSR count). The lowest BCUT2D eigenvalue weighted by molar-refractivity contribution is -0.385. The maximum atomic E-state index is 12.1. The van der Waals surface area contributed by atoms with Gasteiger partial charge in [0.25, 0.3) is 11.6 Å². The van der Waals surface area contributed by atoms with Crippen molar-refractivity contribution in [1.29, 1.82) is 0 Å². The standard InChI is InChI=1S/C13H13N3O4/c1-20-11-4-2-3-10(16(18)19)12(11)13(17)15-8-9-5-6-14-7-9/h2-7,14H,8H2,1H3,(H,15,17). The molecule has 0 atom stereocenters. The monoisotopic (exact) mass is 275 g/mol. The number of nitrogens with one attached hydrogen (secondary N) is 2. The van der Waals surface area contributed by atoms with E-state index in [-0.39, 0.29) is 23.5 Å². The fraction of sp³-hybridized carbons (Fsp3) is 0.154. The zero-order valence-corrected chi connectivity index (χ0v) is 10.8. The number of hydrogen-bond acceptors (Lipinski definition) is 4. The third-order valence-corrected chi connectivity index (χ3v) is 2.76. The van der Waals surface area contributed by atoms with E-state index in [9.17, 15) is 14.9 Å². The van der Waals surface area contributed by atoms with Crippen LogP contribution in [0.3, 0.4) is 0 Å². The molecule has 0 aliphatic heterocycles. The van der Waals surface area contributed by atoms with Crippen molar-refractivity contribution in [3.8, 4) is 5.75 Å². The van der Waals surface area contributed by atoms with E-state index in [1.165, 1.54) is 25.3 Å². The first-order chi connectivity index (χ1) is 9.63. The number of nitro groups is 1. The van der Waals surface area contributed by atoms with Gasteiger partial charge < -0.3 is 15.0 Å². The molecule has 0 aliphatic rings. The smallest absolute Gasteiger partial charge is 0.285 e. The number of nitrogens with zero attached hydrogens (tertiary/aromatic N) is 1. The molecule has 7 heteroatoms. The molecular weight excluding hydrogens is 262 g/mol. The highest BCUT2D eigenvalue weighted by Gasteiger charge is 2.24. The van der Waals surface area contributed by atoms with Crippen molar-refractivity contribution in [2.24, 2.45) is 0 Å². The lowest BCUT2D eigenvalue weighted by atomic mass is 10.1. The van der Waals surface area contributed by atoms with Gasteiger partial charge in [-0.05, 0) is 17.7 Å². The van der Waals surface area contributed by atoms with Gasteiger partial charge in [-0.15, -0.1) is 0 Å². The van der Waals surface area contributed by atoms with Crippen LogP contribution in [0, 0.1) is 10.1 Å². The fourth-order valence-electron chi connectivity index (χ4n) is 1.81. The number of carbonyl (C=O) groups excluding carboxylic acids is 1. The molecule has 104 valence electrons. The van der Waals surface area contributed by atoms with Crippen LogP contribution in [0.1, 0.15) is 15.9 Å². The molecule has 20 heavy (non-hydrogen) atoms. The summed E-state index contributed by atoms with van der Waals surface area (Å²) in [6.45, 7) is 0.275. The van der Waals surface area contributed by atoms with Crippen molar-refractivity contribution in [2.75, 3.05) is 7.11 Å². The lowest BCUT2D eigenvalue weighted by Crippen LogP contribution is -2.24. The minimum atomic E-state index is -0.603. The van der Waals surface area contributed by atoms with Crippen LogP contribution >= 0.6 is 0 Å². The number of ether oxygens (including phenoxy) is 1. The number of rotatable bonds is 5. The Morgan fingerprint density at radius 3 is 2.85 bits per heavy atom. The number of benzene rings is 1. The van der Waals surface area contributed by atoms with E-state index in [1.54, 1.807) is 18.5 Å². The molecule has 1 amide bonds. The first-order valence-electron chi connectivity index (χ1n) is 5.84. The van der Waals surface area contributed by atoms with Gasteiger partial charge in [0.15, 0.2) is 5.56 Å². The second-order valence-electron chi connectivity index (χ2n) is 4.01. The first-order valence-corrected chi connectivity index (χ1v) is 5.84. The van der Waals surface area contributed by atoms with Gasteiger partial charge in [0, 0.05) is 25.0 Å². The number of carbonyl (C=O) groups is 1. The number of aromatic amines is 1. The van der Waals surface area contributed by atoms with Gasteiger partial charge in [0.2, 0.25) is 0 Å². The quantitative estimate of drug-likeness (QED) is 0.642. The van der Waals surface area contributed by atoms with Crippen LogP contribution < -0.4 is 10.1 Å². The average molecular weight is 275 g/mol. The molecule has 0 saturated carbocycles. The SMILES string of the molecule is COc1cccc([N+](=O)[O-])c1C(=O)NCc1cc[nH]c1. The van der Waals surface area contributed by atoms with Gasteiger partial charge in [-0.1, -0.05) is 6.07 Å². The Bertz CT molecular complexity index is 623. The van der Waals surface area contributed by atoms with Crippen molar-refractivity contribution < 1.29 is 14.5 Å². The number of H-pyrrole nitrogens is 1. The van der Waals surface area contributed by atoms with Crippen molar-refractivity contribution in [3.63, 3.8) is 0 Å². The van der Waals surface area contributed by atoms with Gasteiger partial charge in [-0.3, -0.25) is 14.9 Å². The summed E-state index contributed by atoms with van der Waals surface area (Å²) in [7, 11) is 1.36. The van der Waals surface area contributed by atoms with Gasteiger partial charge in [-0.25, -0.2) is 0 Å². The van der Waals surface area contributed by atoms with E-state index in [0.717, 1.165) is 5.56 Å². The fourth-order valence-corrected chi connectivity index (χ4v) is 1.81. The van der Waals surface area contributed by atoms with Crippen molar-refractivity contribution in [3.05, 3.63) is 57.9 Å². The second-order valence-corrected chi connectivity index (χ2v) is 4.01. The molecule has 1 aromatic heterocycles. The third-order valence-electron chi connectivity index (χ3n) is 2.76. The van der Waals surface area contributed by atoms with Gasteiger partial charge >= 0.3 is 0 Å². The van der Waals surface area contributed by atoms with Gasteiger partial charge in [0.1, 0.15) is 5.75 Å². The van der Waals surface area contributed by atoms with E-state index in [2.05, 4.69) is 10.3 Å². The Hall–Kier alpha value is -2.83. The molecule has 0 radical (unpaired) electrons. The Balaban J connectivity index is 2.25. The predicted molar refractivity (Wildman–Crippen MR) is 71.6 cm³/mol. The predicted octanol–water partition coefficient (Wildman–Crippen LogP) is 1.86. The van der Waals surface area contributed by atoms with Crippen molar-refractivity contribution in [2.45, 2.75) is 6.54 Å². The van der Waals surface area contributed by atoms with Crippen LogP contribution in [0.4, 0.5) is 5.69 Å². The zero-order chi connectivity index (χ0) is 14.5. The Morgan fingerprint density at radius 2 is 2.25 bits per heavy atom. The highest BCUT2D eigenvalue weighted by molar-refractivity contribution is 6.00. The maximum Gasteiger partial charge on any atom is 0.285 e. The number of nitro benzene ring substituents is 1. The van der Waals surface area contributed by atoms with Gasteiger partial charge in [-0.2, -0.15) is 0 Å². The van der Waals surface area contributed by atoms with Crippen molar-refractivity contribution in [1.82, 2.24) is 10.3 Å². The Labute approximate surface area is 114 Å². The second kappa shape index (κ2) is 5.87. The normalized spacial score (nSPS) is 10.1. The van der Waals surface area contributed by atoms with E-state index in [0.29, 0.717) is 0 Å². The topological polar surface area (TPSA) is 97.3 Å². The van der Waals surface area contributed by atoms with Crippen LogP contribution in [-0.2, 0) is 6.54 Å². The first kappa shape index (κ1) is 13.6. The molecule has 2 aromatic rings. The largest absolute Gasteiger partial charge is 0.496 e. The van der Waals surface area contributed by atoms with Crippen LogP contribution in [0.5, 0.6) is 5.75 Å². The van der Waals surface area contributed by atoms with E-state index in [4.69, 9.17) is 4.74 Å². The number of amides is 1. The number of methoxy groups -OCH3 is 1. The molecule has 2 N–H and O–H groups in total.